The van der Waals surface area contributed by atoms with Crippen molar-refractivity contribution in [3.63, 3.8) is 0 Å². The van der Waals surface area contributed by atoms with Crippen LogP contribution in [0.3, 0.4) is 0 Å². The topological polar surface area (TPSA) is 69.6 Å². The molecule has 0 aromatic heterocycles. The van der Waals surface area contributed by atoms with Gasteiger partial charge in [-0.1, -0.05) is 30.3 Å². The lowest BCUT2D eigenvalue weighted by atomic mass is 9.79. The number of hydrogen-bond donors (Lipinski definition) is 3. The van der Waals surface area contributed by atoms with Crippen LogP contribution in [-0.2, 0) is 6.54 Å². The maximum atomic E-state index is 13.3. The second-order valence-electron chi connectivity index (χ2n) is 4.32. The van der Waals surface area contributed by atoms with E-state index < -0.39 is 18.8 Å². The van der Waals surface area contributed by atoms with Crippen molar-refractivity contribution in [2.75, 3.05) is 0 Å². The normalized spacial score (nSPS) is 10.2. The molecule has 0 atom stereocenters. The highest BCUT2D eigenvalue weighted by molar-refractivity contribution is 6.58. The number of nitrogens with one attached hydrogen (secondary N) is 1. The van der Waals surface area contributed by atoms with Gasteiger partial charge in [0.15, 0.2) is 0 Å². The van der Waals surface area contributed by atoms with Gasteiger partial charge in [-0.25, -0.2) is 4.39 Å². The third-order valence-corrected chi connectivity index (χ3v) is 2.78. The number of amides is 1. The molecule has 1 amide bonds. The van der Waals surface area contributed by atoms with Gasteiger partial charge in [0.05, 0.1) is 0 Å². The molecule has 0 aliphatic heterocycles. The monoisotopic (exact) mass is 273 g/mol. The summed E-state index contributed by atoms with van der Waals surface area (Å²) in [7, 11) is -1.81. The maximum absolute atomic E-state index is 13.3. The SMILES string of the molecule is O=C(NCc1ccccc1)c1cc(F)cc(B(O)O)c1. The molecule has 2 aromatic rings. The minimum Gasteiger partial charge on any atom is -0.423 e. The van der Waals surface area contributed by atoms with Gasteiger partial charge in [0, 0.05) is 12.1 Å². The van der Waals surface area contributed by atoms with Crippen LogP contribution in [0.2, 0.25) is 0 Å². The number of rotatable bonds is 4. The van der Waals surface area contributed by atoms with Crippen LogP contribution in [0.4, 0.5) is 4.39 Å². The first-order chi connectivity index (χ1) is 9.56. The van der Waals surface area contributed by atoms with Gasteiger partial charge in [0.2, 0.25) is 0 Å². The van der Waals surface area contributed by atoms with Gasteiger partial charge in [0.1, 0.15) is 5.82 Å². The zero-order valence-corrected chi connectivity index (χ0v) is 10.6. The molecule has 0 heterocycles. The Hall–Kier alpha value is -2.18. The Morgan fingerprint density at radius 3 is 2.50 bits per heavy atom. The van der Waals surface area contributed by atoms with E-state index >= 15 is 0 Å². The molecular weight excluding hydrogens is 260 g/mol. The van der Waals surface area contributed by atoms with Gasteiger partial charge in [-0.15, -0.1) is 0 Å². The first-order valence-electron chi connectivity index (χ1n) is 6.05. The molecular formula is C14H13BFNO3. The number of halogens is 1. The van der Waals surface area contributed by atoms with Crippen LogP contribution >= 0.6 is 0 Å². The van der Waals surface area contributed by atoms with E-state index in [0.717, 1.165) is 17.7 Å². The summed E-state index contributed by atoms with van der Waals surface area (Å²) in [4.78, 5) is 11.9. The van der Waals surface area contributed by atoms with Crippen molar-refractivity contribution in [3.8, 4) is 0 Å². The molecule has 2 aromatic carbocycles. The molecule has 0 unspecified atom stereocenters. The summed E-state index contributed by atoms with van der Waals surface area (Å²) in [6.07, 6.45) is 0. The van der Waals surface area contributed by atoms with E-state index in [1.165, 1.54) is 6.07 Å². The number of carbonyl (C=O) groups excluding carboxylic acids is 1. The number of carbonyl (C=O) groups is 1. The molecule has 0 aliphatic rings. The molecule has 0 bridgehead atoms. The van der Waals surface area contributed by atoms with Crippen LogP contribution in [0.1, 0.15) is 15.9 Å². The minimum atomic E-state index is -1.81. The predicted octanol–water partition coefficient (Wildman–Crippen LogP) is 0.436. The molecule has 4 nitrogen and oxygen atoms in total. The van der Waals surface area contributed by atoms with Crippen molar-refractivity contribution < 1.29 is 19.2 Å². The lowest BCUT2D eigenvalue weighted by molar-refractivity contribution is 0.0950. The Labute approximate surface area is 116 Å². The Balaban J connectivity index is 2.09. The summed E-state index contributed by atoms with van der Waals surface area (Å²) in [5, 5.41) is 20.7. The van der Waals surface area contributed by atoms with Crippen LogP contribution in [0.15, 0.2) is 48.5 Å². The first kappa shape index (κ1) is 14.2. The Bertz CT molecular complexity index is 605. The van der Waals surface area contributed by atoms with Gasteiger partial charge in [-0.3, -0.25) is 4.79 Å². The van der Waals surface area contributed by atoms with E-state index in [2.05, 4.69) is 5.32 Å². The van der Waals surface area contributed by atoms with Crippen molar-refractivity contribution in [2.24, 2.45) is 0 Å². The molecule has 6 heteroatoms. The number of hydrogen-bond acceptors (Lipinski definition) is 3. The average Bonchev–Trinajstić information content (AvgIpc) is 2.45. The summed E-state index contributed by atoms with van der Waals surface area (Å²) in [5.41, 5.74) is 0.901. The van der Waals surface area contributed by atoms with Crippen molar-refractivity contribution in [2.45, 2.75) is 6.54 Å². The third-order valence-electron chi connectivity index (χ3n) is 2.78. The van der Waals surface area contributed by atoms with Gasteiger partial charge >= 0.3 is 7.12 Å². The predicted molar refractivity (Wildman–Crippen MR) is 73.8 cm³/mol. The highest BCUT2D eigenvalue weighted by atomic mass is 19.1. The maximum Gasteiger partial charge on any atom is 0.488 e. The van der Waals surface area contributed by atoms with Crippen molar-refractivity contribution in [1.29, 1.82) is 0 Å². The fourth-order valence-corrected chi connectivity index (χ4v) is 1.77. The van der Waals surface area contributed by atoms with Crippen molar-refractivity contribution in [3.05, 3.63) is 65.5 Å². The Kier molecular flexibility index (Phi) is 4.50. The lowest BCUT2D eigenvalue weighted by Gasteiger charge is -2.07. The summed E-state index contributed by atoms with van der Waals surface area (Å²) in [6.45, 7) is 0.313. The molecule has 0 saturated carbocycles. The number of benzene rings is 2. The summed E-state index contributed by atoms with van der Waals surface area (Å²) >= 11 is 0. The standard InChI is InChI=1S/C14H13BFNO3/c16-13-7-11(6-12(8-13)15(19)20)14(18)17-9-10-4-2-1-3-5-10/h1-8,19-20H,9H2,(H,17,18). The highest BCUT2D eigenvalue weighted by Gasteiger charge is 2.16. The van der Waals surface area contributed by atoms with Crippen molar-refractivity contribution >= 4 is 18.5 Å². The molecule has 0 fully saturated rings. The molecule has 2 rings (SSSR count). The van der Waals surface area contributed by atoms with E-state index in [4.69, 9.17) is 10.0 Å². The molecule has 3 N–H and O–H groups in total. The average molecular weight is 273 g/mol. The van der Waals surface area contributed by atoms with Gasteiger partial charge in [-0.05, 0) is 29.2 Å². The van der Waals surface area contributed by atoms with E-state index in [1.807, 2.05) is 30.3 Å². The molecule has 20 heavy (non-hydrogen) atoms. The quantitative estimate of drug-likeness (QED) is 0.708. The van der Waals surface area contributed by atoms with Gasteiger partial charge < -0.3 is 15.4 Å². The Morgan fingerprint density at radius 2 is 1.85 bits per heavy atom. The van der Waals surface area contributed by atoms with Crippen LogP contribution < -0.4 is 10.8 Å². The van der Waals surface area contributed by atoms with Crippen LogP contribution in [0, 0.1) is 5.82 Å². The molecule has 0 saturated heterocycles. The lowest BCUT2D eigenvalue weighted by Crippen LogP contribution is -2.32. The van der Waals surface area contributed by atoms with Gasteiger partial charge in [0.25, 0.3) is 5.91 Å². The fourth-order valence-electron chi connectivity index (χ4n) is 1.77. The summed E-state index contributed by atoms with van der Waals surface area (Å²) in [6, 6.07) is 12.5. The van der Waals surface area contributed by atoms with Crippen LogP contribution in [0.25, 0.3) is 0 Å². The summed E-state index contributed by atoms with van der Waals surface area (Å²) in [5.74, 6) is -1.17. The van der Waals surface area contributed by atoms with E-state index in [0.29, 0.717) is 6.54 Å². The fraction of sp³-hybridized carbons (Fsp3) is 0.0714. The molecule has 0 radical (unpaired) electrons. The van der Waals surface area contributed by atoms with E-state index in [-0.39, 0.29) is 11.0 Å². The summed E-state index contributed by atoms with van der Waals surface area (Å²) < 4.78 is 13.3. The zero-order chi connectivity index (χ0) is 14.5. The second-order valence-corrected chi connectivity index (χ2v) is 4.32. The van der Waals surface area contributed by atoms with Gasteiger partial charge in [-0.2, -0.15) is 0 Å². The molecule has 0 spiro atoms. The van der Waals surface area contributed by atoms with E-state index in [9.17, 15) is 9.18 Å². The Morgan fingerprint density at radius 1 is 1.15 bits per heavy atom. The molecule has 0 aliphatic carbocycles. The second kappa shape index (κ2) is 6.32. The van der Waals surface area contributed by atoms with Crippen LogP contribution in [-0.4, -0.2) is 23.1 Å². The largest absolute Gasteiger partial charge is 0.488 e. The van der Waals surface area contributed by atoms with E-state index in [1.54, 1.807) is 0 Å². The molecule has 102 valence electrons. The smallest absolute Gasteiger partial charge is 0.423 e. The third kappa shape index (κ3) is 3.66. The first-order valence-corrected chi connectivity index (χ1v) is 6.05. The highest BCUT2D eigenvalue weighted by Crippen LogP contribution is 2.04. The minimum absolute atomic E-state index is 0.0454. The zero-order valence-electron chi connectivity index (χ0n) is 10.6. The van der Waals surface area contributed by atoms with Crippen molar-refractivity contribution in [1.82, 2.24) is 5.32 Å². The van der Waals surface area contributed by atoms with Crippen LogP contribution in [0.5, 0.6) is 0 Å².